The van der Waals surface area contributed by atoms with Gasteiger partial charge in [-0.2, -0.15) is 11.3 Å². The lowest BCUT2D eigenvalue weighted by Crippen LogP contribution is -2.32. The summed E-state index contributed by atoms with van der Waals surface area (Å²) in [6.45, 7) is 8.08. The molecule has 0 saturated carbocycles. The number of amides is 1. The predicted molar refractivity (Wildman–Crippen MR) is 72.3 cm³/mol. The molecule has 1 aromatic rings. The molecule has 1 rings (SSSR count). The van der Waals surface area contributed by atoms with Gasteiger partial charge in [0.2, 0.25) is 0 Å². The van der Waals surface area contributed by atoms with E-state index in [1.165, 1.54) is 11.1 Å². The molecule has 17 heavy (non-hydrogen) atoms. The molecule has 0 aliphatic rings. The first-order chi connectivity index (χ1) is 7.88. The van der Waals surface area contributed by atoms with Gasteiger partial charge < -0.3 is 10.1 Å². The molecule has 0 atom stereocenters. The van der Waals surface area contributed by atoms with E-state index in [-0.39, 0.29) is 6.09 Å². The molecule has 1 amide bonds. The molecule has 1 aromatic heterocycles. The van der Waals surface area contributed by atoms with Gasteiger partial charge >= 0.3 is 6.09 Å². The predicted octanol–water partition coefficient (Wildman–Crippen LogP) is 3.59. The van der Waals surface area contributed by atoms with E-state index in [2.05, 4.69) is 23.0 Å². The van der Waals surface area contributed by atoms with Crippen LogP contribution in [0.5, 0.6) is 0 Å². The molecule has 0 radical (unpaired) electrons. The van der Waals surface area contributed by atoms with E-state index in [0.717, 1.165) is 0 Å². The SMILES string of the molecule is Cc1cscc1C=CCNC(=O)OC(C)(C)C. The second-order valence-electron chi connectivity index (χ2n) is 4.80. The molecule has 0 aliphatic heterocycles. The van der Waals surface area contributed by atoms with Crippen molar-refractivity contribution in [2.75, 3.05) is 6.54 Å². The van der Waals surface area contributed by atoms with Gasteiger partial charge in [0, 0.05) is 6.54 Å². The molecule has 0 unspecified atom stereocenters. The summed E-state index contributed by atoms with van der Waals surface area (Å²) in [6.07, 6.45) is 3.53. The van der Waals surface area contributed by atoms with Gasteiger partial charge in [-0.15, -0.1) is 0 Å². The first-order valence-corrected chi connectivity index (χ1v) is 6.49. The highest BCUT2D eigenvalue weighted by Crippen LogP contribution is 2.14. The van der Waals surface area contributed by atoms with Crippen molar-refractivity contribution in [3.63, 3.8) is 0 Å². The molecular weight excluding hydrogens is 234 g/mol. The van der Waals surface area contributed by atoms with Crippen LogP contribution in [-0.2, 0) is 4.74 Å². The summed E-state index contributed by atoms with van der Waals surface area (Å²) in [5, 5.41) is 6.86. The summed E-state index contributed by atoms with van der Waals surface area (Å²) >= 11 is 1.68. The lowest BCUT2D eigenvalue weighted by atomic mass is 10.2. The average molecular weight is 253 g/mol. The van der Waals surface area contributed by atoms with Crippen LogP contribution < -0.4 is 5.32 Å². The van der Waals surface area contributed by atoms with Crippen molar-refractivity contribution in [1.82, 2.24) is 5.32 Å². The van der Waals surface area contributed by atoms with E-state index in [0.29, 0.717) is 6.54 Å². The number of ether oxygens (including phenoxy) is 1. The van der Waals surface area contributed by atoms with Gasteiger partial charge in [-0.1, -0.05) is 12.2 Å². The maximum absolute atomic E-state index is 11.3. The van der Waals surface area contributed by atoms with Crippen molar-refractivity contribution in [2.24, 2.45) is 0 Å². The number of rotatable bonds is 3. The van der Waals surface area contributed by atoms with Crippen LogP contribution in [0.4, 0.5) is 4.79 Å². The summed E-state index contributed by atoms with van der Waals surface area (Å²) in [6, 6.07) is 0. The third-order valence-corrected chi connectivity index (χ3v) is 2.84. The van der Waals surface area contributed by atoms with Gasteiger partial charge in [0.05, 0.1) is 0 Å². The summed E-state index contributed by atoms with van der Waals surface area (Å²) in [5.74, 6) is 0. The van der Waals surface area contributed by atoms with Gasteiger partial charge in [-0.25, -0.2) is 4.79 Å². The largest absolute Gasteiger partial charge is 0.444 e. The Morgan fingerprint density at radius 1 is 1.47 bits per heavy atom. The number of nitrogens with one attached hydrogen (secondary N) is 1. The fourth-order valence-corrected chi connectivity index (χ4v) is 2.00. The van der Waals surface area contributed by atoms with Gasteiger partial charge in [0.15, 0.2) is 0 Å². The monoisotopic (exact) mass is 253 g/mol. The zero-order valence-corrected chi connectivity index (χ0v) is 11.6. The van der Waals surface area contributed by atoms with Crippen LogP contribution in [0.15, 0.2) is 16.8 Å². The van der Waals surface area contributed by atoms with Crippen LogP contribution >= 0.6 is 11.3 Å². The standard InChI is InChI=1S/C13H19NO2S/c1-10-8-17-9-11(10)6-5-7-14-12(15)16-13(2,3)4/h5-6,8-9H,7H2,1-4H3,(H,14,15). The van der Waals surface area contributed by atoms with Crippen LogP contribution in [0.3, 0.4) is 0 Å². The van der Waals surface area contributed by atoms with Gasteiger partial charge in [-0.3, -0.25) is 0 Å². The number of hydrogen-bond acceptors (Lipinski definition) is 3. The number of hydrogen-bond donors (Lipinski definition) is 1. The van der Waals surface area contributed by atoms with E-state index in [9.17, 15) is 4.79 Å². The molecule has 1 heterocycles. The molecule has 0 aromatic carbocycles. The Bertz CT molecular complexity index is 402. The molecule has 4 heteroatoms. The summed E-state index contributed by atoms with van der Waals surface area (Å²) in [7, 11) is 0. The summed E-state index contributed by atoms with van der Waals surface area (Å²) in [5.41, 5.74) is 2.00. The number of aryl methyl sites for hydroxylation is 1. The molecular formula is C13H19NO2S. The Balaban J connectivity index is 2.31. The molecule has 0 saturated heterocycles. The highest BCUT2D eigenvalue weighted by molar-refractivity contribution is 7.08. The van der Waals surface area contributed by atoms with Crippen molar-refractivity contribution in [3.05, 3.63) is 28.0 Å². The highest BCUT2D eigenvalue weighted by atomic mass is 32.1. The van der Waals surface area contributed by atoms with E-state index < -0.39 is 5.60 Å². The zero-order valence-electron chi connectivity index (χ0n) is 10.7. The number of carbonyl (C=O) groups is 1. The zero-order chi connectivity index (χ0) is 12.9. The van der Waals surface area contributed by atoms with E-state index in [1.807, 2.05) is 32.9 Å². The Labute approximate surface area is 106 Å². The van der Waals surface area contributed by atoms with Crippen LogP contribution in [0, 0.1) is 6.92 Å². The summed E-state index contributed by atoms with van der Waals surface area (Å²) in [4.78, 5) is 11.3. The van der Waals surface area contributed by atoms with Gasteiger partial charge in [0.25, 0.3) is 0 Å². The van der Waals surface area contributed by atoms with Crippen LogP contribution in [-0.4, -0.2) is 18.2 Å². The Morgan fingerprint density at radius 3 is 2.71 bits per heavy atom. The van der Waals surface area contributed by atoms with E-state index >= 15 is 0 Å². The van der Waals surface area contributed by atoms with E-state index in [1.54, 1.807) is 11.3 Å². The molecule has 0 bridgehead atoms. The average Bonchev–Trinajstić information content (AvgIpc) is 2.56. The smallest absolute Gasteiger partial charge is 0.407 e. The Kier molecular flexibility index (Phi) is 4.75. The first kappa shape index (κ1) is 13.8. The maximum Gasteiger partial charge on any atom is 0.407 e. The summed E-state index contributed by atoms with van der Waals surface area (Å²) < 4.78 is 5.12. The second kappa shape index (κ2) is 5.87. The maximum atomic E-state index is 11.3. The van der Waals surface area contributed by atoms with Gasteiger partial charge in [0.1, 0.15) is 5.60 Å². The molecule has 0 spiro atoms. The van der Waals surface area contributed by atoms with Crippen LogP contribution in [0.1, 0.15) is 31.9 Å². The lowest BCUT2D eigenvalue weighted by Gasteiger charge is -2.19. The molecule has 0 aliphatic carbocycles. The van der Waals surface area contributed by atoms with Crippen LogP contribution in [0.2, 0.25) is 0 Å². The van der Waals surface area contributed by atoms with E-state index in [4.69, 9.17) is 4.74 Å². The minimum atomic E-state index is -0.447. The molecule has 94 valence electrons. The normalized spacial score (nSPS) is 11.8. The topological polar surface area (TPSA) is 38.3 Å². The van der Waals surface area contributed by atoms with Crippen molar-refractivity contribution in [2.45, 2.75) is 33.3 Å². The quantitative estimate of drug-likeness (QED) is 0.894. The minimum absolute atomic E-state index is 0.385. The van der Waals surface area contributed by atoms with Crippen LogP contribution in [0.25, 0.3) is 6.08 Å². The Morgan fingerprint density at radius 2 is 2.18 bits per heavy atom. The number of thiophene rings is 1. The van der Waals surface area contributed by atoms with Crippen molar-refractivity contribution >= 4 is 23.5 Å². The van der Waals surface area contributed by atoms with Crippen molar-refractivity contribution < 1.29 is 9.53 Å². The number of carbonyl (C=O) groups excluding carboxylic acids is 1. The van der Waals surface area contributed by atoms with Crippen molar-refractivity contribution in [1.29, 1.82) is 0 Å². The molecule has 1 N–H and O–H groups in total. The fraction of sp³-hybridized carbons (Fsp3) is 0.462. The Hall–Kier alpha value is -1.29. The van der Waals surface area contributed by atoms with Gasteiger partial charge in [-0.05, 0) is 49.6 Å². The highest BCUT2D eigenvalue weighted by Gasteiger charge is 2.14. The minimum Gasteiger partial charge on any atom is -0.444 e. The van der Waals surface area contributed by atoms with Crippen molar-refractivity contribution in [3.8, 4) is 0 Å². The fourth-order valence-electron chi connectivity index (χ4n) is 1.18. The second-order valence-corrected chi connectivity index (χ2v) is 5.54. The third-order valence-electron chi connectivity index (χ3n) is 1.96. The lowest BCUT2D eigenvalue weighted by molar-refractivity contribution is 0.0534. The molecule has 0 fully saturated rings. The first-order valence-electron chi connectivity index (χ1n) is 5.54. The molecule has 3 nitrogen and oxygen atoms in total. The number of alkyl carbamates (subject to hydrolysis) is 1. The third kappa shape index (κ3) is 5.54.